The number of para-hydroxylation sites is 1. The lowest BCUT2D eigenvalue weighted by Gasteiger charge is -2.17. The molecule has 4 nitrogen and oxygen atoms in total. The molecule has 0 spiro atoms. The van der Waals surface area contributed by atoms with Crippen LogP contribution >= 0.6 is 0 Å². The zero-order valence-electron chi connectivity index (χ0n) is 14.1. The standard InChI is InChI=1S/C19H21F2NO3/c1-12(13-6-3-4-9-17(13)25-2)10-18(24)22-11-16(23)19-14(20)7-5-8-15(19)21/h3-9,12,16,23H,10-11H2,1-2H3,(H,22,24). The number of rotatable bonds is 7. The van der Waals surface area contributed by atoms with Gasteiger partial charge < -0.3 is 15.2 Å². The lowest BCUT2D eigenvalue weighted by molar-refractivity contribution is -0.121. The van der Waals surface area contributed by atoms with Gasteiger partial charge in [0, 0.05) is 13.0 Å². The van der Waals surface area contributed by atoms with E-state index in [9.17, 15) is 18.7 Å². The minimum atomic E-state index is -1.45. The normalized spacial score (nSPS) is 13.2. The summed E-state index contributed by atoms with van der Waals surface area (Å²) in [6, 6.07) is 10.7. The molecular formula is C19H21F2NO3. The summed E-state index contributed by atoms with van der Waals surface area (Å²) in [7, 11) is 1.56. The molecule has 134 valence electrons. The molecule has 0 saturated heterocycles. The third-order valence-corrected chi connectivity index (χ3v) is 3.99. The minimum Gasteiger partial charge on any atom is -0.496 e. The monoisotopic (exact) mass is 349 g/mol. The second-order valence-electron chi connectivity index (χ2n) is 5.80. The topological polar surface area (TPSA) is 58.6 Å². The summed E-state index contributed by atoms with van der Waals surface area (Å²) in [6.07, 6.45) is -1.29. The second-order valence-corrected chi connectivity index (χ2v) is 5.80. The molecule has 0 aliphatic carbocycles. The van der Waals surface area contributed by atoms with Crippen LogP contribution in [0.1, 0.15) is 36.5 Å². The Labute approximate surface area is 145 Å². The van der Waals surface area contributed by atoms with Gasteiger partial charge >= 0.3 is 0 Å². The van der Waals surface area contributed by atoms with E-state index in [1.165, 1.54) is 6.07 Å². The van der Waals surface area contributed by atoms with Crippen LogP contribution in [0.25, 0.3) is 0 Å². The quantitative estimate of drug-likeness (QED) is 0.806. The molecule has 2 aromatic carbocycles. The Morgan fingerprint density at radius 2 is 1.80 bits per heavy atom. The highest BCUT2D eigenvalue weighted by atomic mass is 19.1. The van der Waals surface area contributed by atoms with Gasteiger partial charge in [0.15, 0.2) is 0 Å². The first kappa shape index (κ1) is 18.9. The molecule has 0 aromatic heterocycles. The maximum atomic E-state index is 13.6. The zero-order chi connectivity index (χ0) is 18.4. The van der Waals surface area contributed by atoms with Gasteiger partial charge in [0.2, 0.25) is 5.91 Å². The van der Waals surface area contributed by atoms with E-state index in [0.717, 1.165) is 17.7 Å². The first-order valence-corrected chi connectivity index (χ1v) is 7.95. The van der Waals surface area contributed by atoms with Crippen molar-refractivity contribution in [2.75, 3.05) is 13.7 Å². The van der Waals surface area contributed by atoms with Gasteiger partial charge in [-0.2, -0.15) is 0 Å². The number of halogens is 2. The van der Waals surface area contributed by atoms with Crippen molar-refractivity contribution in [1.82, 2.24) is 5.32 Å². The van der Waals surface area contributed by atoms with Gasteiger partial charge in [-0.3, -0.25) is 4.79 Å². The van der Waals surface area contributed by atoms with Crippen LogP contribution in [0.5, 0.6) is 5.75 Å². The fourth-order valence-electron chi connectivity index (χ4n) is 2.68. The summed E-state index contributed by atoms with van der Waals surface area (Å²) in [5.74, 6) is -1.43. The number of hydrogen-bond donors (Lipinski definition) is 2. The molecule has 0 bridgehead atoms. The van der Waals surface area contributed by atoms with Crippen LogP contribution < -0.4 is 10.1 Å². The highest BCUT2D eigenvalue weighted by Gasteiger charge is 2.20. The number of hydrogen-bond acceptors (Lipinski definition) is 3. The van der Waals surface area contributed by atoms with Crippen LogP contribution in [-0.2, 0) is 4.79 Å². The number of carbonyl (C=O) groups excluding carboxylic acids is 1. The van der Waals surface area contributed by atoms with Crippen LogP contribution in [0, 0.1) is 11.6 Å². The second kappa shape index (κ2) is 8.58. The largest absolute Gasteiger partial charge is 0.496 e. The Morgan fingerprint density at radius 3 is 2.44 bits per heavy atom. The van der Waals surface area contributed by atoms with Crippen LogP contribution in [-0.4, -0.2) is 24.7 Å². The first-order chi connectivity index (χ1) is 11.9. The van der Waals surface area contributed by atoms with E-state index in [2.05, 4.69) is 5.32 Å². The van der Waals surface area contributed by atoms with Gasteiger partial charge in [0.25, 0.3) is 0 Å². The van der Waals surface area contributed by atoms with Crippen molar-refractivity contribution in [3.05, 3.63) is 65.2 Å². The predicted octanol–water partition coefficient (Wildman–Crippen LogP) is 3.32. The summed E-state index contributed by atoms with van der Waals surface area (Å²) < 4.78 is 32.5. The van der Waals surface area contributed by atoms with Crippen LogP contribution in [0.2, 0.25) is 0 Å². The number of aliphatic hydroxyl groups excluding tert-OH is 1. The minimum absolute atomic E-state index is 0.113. The third-order valence-electron chi connectivity index (χ3n) is 3.99. The number of nitrogens with one attached hydrogen (secondary N) is 1. The molecule has 0 heterocycles. The van der Waals surface area contributed by atoms with Gasteiger partial charge in [-0.25, -0.2) is 8.78 Å². The molecule has 25 heavy (non-hydrogen) atoms. The summed E-state index contributed by atoms with van der Waals surface area (Å²) >= 11 is 0. The fraction of sp³-hybridized carbons (Fsp3) is 0.316. The molecule has 6 heteroatoms. The Bertz CT molecular complexity index is 716. The number of aliphatic hydroxyl groups is 1. The number of carbonyl (C=O) groups is 1. The van der Waals surface area contributed by atoms with Crippen molar-refractivity contribution in [2.24, 2.45) is 0 Å². The third kappa shape index (κ3) is 4.76. The van der Waals surface area contributed by atoms with Gasteiger partial charge in [-0.1, -0.05) is 31.2 Å². The smallest absolute Gasteiger partial charge is 0.220 e. The zero-order valence-corrected chi connectivity index (χ0v) is 14.1. The van der Waals surface area contributed by atoms with E-state index < -0.39 is 23.3 Å². The molecule has 0 radical (unpaired) electrons. The first-order valence-electron chi connectivity index (χ1n) is 7.95. The molecule has 2 N–H and O–H groups in total. The maximum absolute atomic E-state index is 13.6. The summed E-state index contributed by atoms with van der Waals surface area (Å²) in [4.78, 5) is 12.1. The Morgan fingerprint density at radius 1 is 1.16 bits per heavy atom. The lowest BCUT2D eigenvalue weighted by atomic mass is 9.96. The molecule has 2 unspecified atom stereocenters. The van der Waals surface area contributed by atoms with Gasteiger partial charge in [0.1, 0.15) is 23.5 Å². The molecule has 2 rings (SSSR count). The van der Waals surface area contributed by atoms with E-state index in [0.29, 0.717) is 5.75 Å². The summed E-state index contributed by atoms with van der Waals surface area (Å²) in [6.45, 7) is 1.61. The summed E-state index contributed by atoms with van der Waals surface area (Å²) in [5, 5.41) is 12.5. The fourth-order valence-corrected chi connectivity index (χ4v) is 2.68. The van der Waals surface area contributed by atoms with Crippen LogP contribution in [0.3, 0.4) is 0 Å². The molecule has 2 aromatic rings. The van der Waals surface area contributed by atoms with Crippen LogP contribution in [0.15, 0.2) is 42.5 Å². The highest BCUT2D eigenvalue weighted by Crippen LogP contribution is 2.28. The molecule has 0 aliphatic rings. The molecule has 0 aliphatic heterocycles. The number of amides is 1. The van der Waals surface area contributed by atoms with E-state index in [1.807, 2.05) is 31.2 Å². The highest BCUT2D eigenvalue weighted by molar-refractivity contribution is 5.77. The SMILES string of the molecule is COc1ccccc1C(C)CC(=O)NCC(O)c1c(F)cccc1F. The molecule has 1 amide bonds. The van der Waals surface area contributed by atoms with Crippen molar-refractivity contribution in [3.63, 3.8) is 0 Å². The molecular weight excluding hydrogens is 328 g/mol. The van der Waals surface area contributed by atoms with E-state index in [-0.39, 0.29) is 24.8 Å². The Hall–Kier alpha value is -2.47. The van der Waals surface area contributed by atoms with Gasteiger partial charge in [0.05, 0.1) is 12.7 Å². The van der Waals surface area contributed by atoms with Crippen molar-refractivity contribution < 1.29 is 23.4 Å². The van der Waals surface area contributed by atoms with Gasteiger partial charge in [-0.05, 0) is 29.7 Å². The van der Waals surface area contributed by atoms with Crippen molar-refractivity contribution in [3.8, 4) is 5.75 Å². The number of ether oxygens (including phenoxy) is 1. The van der Waals surface area contributed by atoms with Crippen LogP contribution in [0.4, 0.5) is 8.78 Å². The Balaban J connectivity index is 1.94. The van der Waals surface area contributed by atoms with Gasteiger partial charge in [-0.15, -0.1) is 0 Å². The van der Waals surface area contributed by atoms with Crippen molar-refractivity contribution in [2.45, 2.75) is 25.4 Å². The van der Waals surface area contributed by atoms with E-state index in [1.54, 1.807) is 7.11 Å². The molecule has 0 saturated carbocycles. The van der Waals surface area contributed by atoms with E-state index >= 15 is 0 Å². The number of methoxy groups -OCH3 is 1. The average molecular weight is 349 g/mol. The molecule has 0 fully saturated rings. The van der Waals surface area contributed by atoms with E-state index in [4.69, 9.17) is 4.74 Å². The summed E-state index contributed by atoms with van der Waals surface area (Å²) in [5.41, 5.74) is 0.446. The van der Waals surface area contributed by atoms with Crippen molar-refractivity contribution in [1.29, 1.82) is 0 Å². The maximum Gasteiger partial charge on any atom is 0.220 e. The number of benzene rings is 2. The Kier molecular flexibility index (Phi) is 6.47. The average Bonchev–Trinajstić information content (AvgIpc) is 2.59. The van der Waals surface area contributed by atoms with Crippen molar-refractivity contribution >= 4 is 5.91 Å². The predicted molar refractivity (Wildman–Crippen MR) is 90.4 cm³/mol. The lowest BCUT2D eigenvalue weighted by Crippen LogP contribution is -2.29. The molecule has 2 atom stereocenters.